The Hall–Kier alpha value is -3.37. The molecule has 33 heavy (non-hydrogen) atoms. The van der Waals surface area contributed by atoms with Gasteiger partial charge in [-0.15, -0.1) is 17.0 Å². The molecule has 0 atom stereocenters. The Kier molecular flexibility index (Phi) is 8.45. The number of aliphatic imine (C=N–C) groups is 1. The van der Waals surface area contributed by atoms with Crippen LogP contribution in [0.3, 0.4) is 0 Å². The van der Waals surface area contributed by atoms with Gasteiger partial charge in [-0.3, -0.25) is 29.4 Å². The summed E-state index contributed by atoms with van der Waals surface area (Å²) >= 11 is 1.13. The van der Waals surface area contributed by atoms with Crippen molar-refractivity contribution in [2.75, 3.05) is 5.32 Å². The van der Waals surface area contributed by atoms with Gasteiger partial charge in [0.05, 0.1) is 18.0 Å². The molecular formula is C23H19BrFN5O2S. The second-order valence-corrected chi connectivity index (χ2v) is 7.83. The van der Waals surface area contributed by atoms with Crippen LogP contribution in [0.5, 0.6) is 0 Å². The smallest absolute Gasteiger partial charge is 0.267 e. The molecule has 0 unspecified atom stereocenters. The van der Waals surface area contributed by atoms with Gasteiger partial charge in [0.1, 0.15) is 5.82 Å². The second-order valence-electron chi connectivity index (χ2n) is 6.82. The van der Waals surface area contributed by atoms with Crippen LogP contribution in [-0.4, -0.2) is 31.8 Å². The summed E-state index contributed by atoms with van der Waals surface area (Å²) in [7, 11) is 0. The fourth-order valence-electron chi connectivity index (χ4n) is 2.92. The first-order chi connectivity index (χ1) is 15.6. The zero-order valence-electron chi connectivity index (χ0n) is 17.2. The van der Waals surface area contributed by atoms with Crippen LogP contribution in [0.25, 0.3) is 0 Å². The number of amides is 2. The quantitative estimate of drug-likeness (QED) is 0.481. The molecule has 3 heterocycles. The van der Waals surface area contributed by atoms with Crippen molar-refractivity contribution in [1.82, 2.24) is 14.9 Å². The molecule has 1 fully saturated rings. The number of aromatic nitrogens is 2. The van der Waals surface area contributed by atoms with E-state index in [9.17, 15) is 14.0 Å². The molecule has 3 aromatic rings. The Morgan fingerprint density at radius 1 is 1.06 bits per heavy atom. The number of carbonyl (C=O) groups excluding carboxylic acids is 2. The molecule has 1 aliphatic rings. The van der Waals surface area contributed by atoms with Crippen molar-refractivity contribution in [3.8, 4) is 0 Å². The number of anilines is 1. The summed E-state index contributed by atoms with van der Waals surface area (Å²) in [5, 5.41) is 3.12. The average Bonchev–Trinajstić information content (AvgIpc) is 3.09. The Labute approximate surface area is 204 Å². The summed E-state index contributed by atoms with van der Waals surface area (Å²) < 4.78 is 13.1. The number of amidine groups is 1. The Balaban J connectivity index is 0.00000306. The highest BCUT2D eigenvalue weighted by molar-refractivity contribution is 8.93. The maximum atomic E-state index is 13.1. The molecule has 0 bridgehead atoms. The van der Waals surface area contributed by atoms with E-state index in [-0.39, 0.29) is 34.3 Å². The summed E-state index contributed by atoms with van der Waals surface area (Å²) in [5.74, 6) is -1.20. The van der Waals surface area contributed by atoms with E-state index in [1.54, 1.807) is 30.9 Å². The first kappa shape index (κ1) is 24.3. The van der Waals surface area contributed by atoms with Gasteiger partial charge in [-0.25, -0.2) is 4.39 Å². The zero-order chi connectivity index (χ0) is 22.3. The second kappa shape index (κ2) is 11.5. The standard InChI is InChI=1S/C23H18FN5O2S.BrH/c24-18-5-7-19(8-6-18)28-21(30)11-20-22(31)29(15-17-4-2-10-26-13-17)23(32-20)27-14-16-3-1-9-25-12-16;/h1-13H,14-15H2,(H,28,30);1H/b20-11-,27-23?;. The molecule has 1 aliphatic heterocycles. The number of thioether (sulfide) groups is 1. The van der Waals surface area contributed by atoms with Crippen LogP contribution in [0.15, 0.2) is 89.3 Å². The molecule has 0 aliphatic carbocycles. The van der Waals surface area contributed by atoms with Crippen LogP contribution < -0.4 is 5.32 Å². The largest absolute Gasteiger partial charge is 0.322 e. The highest BCUT2D eigenvalue weighted by Crippen LogP contribution is 2.32. The van der Waals surface area contributed by atoms with E-state index < -0.39 is 11.7 Å². The van der Waals surface area contributed by atoms with Crippen LogP contribution in [0.4, 0.5) is 10.1 Å². The van der Waals surface area contributed by atoms with Gasteiger partial charge in [-0.2, -0.15) is 0 Å². The van der Waals surface area contributed by atoms with E-state index in [0.717, 1.165) is 22.9 Å². The van der Waals surface area contributed by atoms with Gasteiger partial charge in [0, 0.05) is 36.6 Å². The Morgan fingerprint density at radius 2 is 1.73 bits per heavy atom. The van der Waals surface area contributed by atoms with Crippen molar-refractivity contribution < 1.29 is 14.0 Å². The van der Waals surface area contributed by atoms with E-state index in [1.165, 1.54) is 35.2 Å². The molecule has 1 saturated heterocycles. The number of hydrogen-bond acceptors (Lipinski definition) is 6. The molecule has 2 aromatic heterocycles. The summed E-state index contributed by atoms with van der Waals surface area (Å²) in [4.78, 5) is 40.0. The third-order valence-corrected chi connectivity index (χ3v) is 5.49. The van der Waals surface area contributed by atoms with Crippen molar-refractivity contribution in [3.05, 3.63) is 101 Å². The van der Waals surface area contributed by atoms with Gasteiger partial charge in [-0.1, -0.05) is 12.1 Å². The first-order valence-electron chi connectivity index (χ1n) is 9.69. The Morgan fingerprint density at radius 3 is 2.36 bits per heavy atom. The zero-order valence-corrected chi connectivity index (χ0v) is 19.7. The van der Waals surface area contributed by atoms with E-state index in [2.05, 4.69) is 20.3 Å². The molecule has 2 amide bonds. The molecule has 7 nitrogen and oxygen atoms in total. The monoisotopic (exact) mass is 527 g/mol. The number of pyridine rings is 2. The van der Waals surface area contributed by atoms with Gasteiger partial charge in [0.25, 0.3) is 5.91 Å². The number of nitrogens with zero attached hydrogens (tertiary/aromatic N) is 4. The third-order valence-electron chi connectivity index (χ3n) is 4.45. The minimum absolute atomic E-state index is 0. The van der Waals surface area contributed by atoms with Crippen molar-refractivity contribution in [3.63, 3.8) is 0 Å². The molecule has 0 radical (unpaired) electrons. The maximum absolute atomic E-state index is 13.1. The summed E-state index contributed by atoms with van der Waals surface area (Å²) in [5.41, 5.74) is 2.18. The molecular weight excluding hydrogens is 509 g/mol. The predicted molar refractivity (Wildman–Crippen MR) is 131 cm³/mol. The van der Waals surface area contributed by atoms with Crippen molar-refractivity contribution in [1.29, 1.82) is 0 Å². The first-order valence-corrected chi connectivity index (χ1v) is 10.5. The van der Waals surface area contributed by atoms with E-state index in [1.807, 2.05) is 18.2 Å². The number of benzene rings is 1. The van der Waals surface area contributed by atoms with Gasteiger partial charge >= 0.3 is 0 Å². The van der Waals surface area contributed by atoms with Crippen molar-refractivity contribution in [2.45, 2.75) is 13.1 Å². The van der Waals surface area contributed by atoms with Gasteiger partial charge in [0.15, 0.2) is 5.17 Å². The van der Waals surface area contributed by atoms with E-state index in [0.29, 0.717) is 17.4 Å². The van der Waals surface area contributed by atoms with Gasteiger partial charge < -0.3 is 5.32 Å². The lowest BCUT2D eigenvalue weighted by atomic mass is 10.2. The highest BCUT2D eigenvalue weighted by Gasteiger charge is 2.34. The number of rotatable bonds is 6. The highest BCUT2D eigenvalue weighted by atomic mass is 79.9. The van der Waals surface area contributed by atoms with Crippen LogP contribution in [0.1, 0.15) is 11.1 Å². The maximum Gasteiger partial charge on any atom is 0.267 e. The van der Waals surface area contributed by atoms with Crippen molar-refractivity contribution >= 4 is 51.4 Å². The summed E-state index contributed by atoms with van der Waals surface area (Å²) in [6.45, 7) is 0.629. The third kappa shape index (κ3) is 6.56. The van der Waals surface area contributed by atoms with Crippen LogP contribution in [0.2, 0.25) is 0 Å². The molecule has 1 aromatic carbocycles. The minimum atomic E-state index is -0.484. The van der Waals surface area contributed by atoms with Gasteiger partial charge in [-0.05, 0) is 59.3 Å². The van der Waals surface area contributed by atoms with Gasteiger partial charge in [0.2, 0.25) is 5.91 Å². The van der Waals surface area contributed by atoms with Crippen LogP contribution in [-0.2, 0) is 22.7 Å². The van der Waals surface area contributed by atoms with E-state index in [4.69, 9.17) is 0 Å². The van der Waals surface area contributed by atoms with Crippen LogP contribution >= 0.6 is 28.7 Å². The summed E-state index contributed by atoms with van der Waals surface area (Å²) in [6, 6.07) is 12.8. The predicted octanol–water partition coefficient (Wildman–Crippen LogP) is 4.35. The number of nitrogens with one attached hydrogen (secondary N) is 1. The fraction of sp³-hybridized carbons (Fsp3) is 0.0870. The Bertz CT molecular complexity index is 1170. The molecule has 0 saturated carbocycles. The number of halogens is 2. The molecule has 0 spiro atoms. The lowest BCUT2D eigenvalue weighted by Gasteiger charge is -2.15. The molecule has 10 heteroatoms. The lowest BCUT2D eigenvalue weighted by Crippen LogP contribution is -2.29. The topological polar surface area (TPSA) is 87.6 Å². The fourth-order valence-corrected chi connectivity index (χ4v) is 3.87. The molecule has 1 N–H and O–H groups in total. The average molecular weight is 528 g/mol. The summed E-state index contributed by atoms with van der Waals surface area (Å²) in [6.07, 6.45) is 7.97. The number of carbonyl (C=O) groups is 2. The SMILES string of the molecule is Br.O=C(/C=C1\SC(=NCc2cccnc2)N(Cc2cccnc2)C1=O)Nc1ccc(F)cc1. The molecule has 168 valence electrons. The lowest BCUT2D eigenvalue weighted by molar-refractivity contribution is -0.123. The normalized spacial score (nSPS) is 15.5. The minimum Gasteiger partial charge on any atom is -0.322 e. The van der Waals surface area contributed by atoms with Crippen molar-refractivity contribution in [2.24, 2.45) is 4.99 Å². The number of hydrogen-bond donors (Lipinski definition) is 1. The molecule has 4 rings (SSSR count). The van der Waals surface area contributed by atoms with E-state index >= 15 is 0 Å². The van der Waals surface area contributed by atoms with Crippen LogP contribution in [0, 0.1) is 5.82 Å².